The van der Waals surface area contributed by atoms with Crippen LogP contribution in [0, 0.1) is 11.3 Å². The minimum Gasteiger partial charge on any atom is -0.465 e. The number of benzene rings is 2. The molecular weight excluding hydrogens is 682 g/mol. The first-order chi connectivity index (χ1) is 25.8. The van der Waals surface area contributed by atoms with Crippen molar-refractivity contribution < 1.29 is 38.4 Å². The predicted octanol–water partition coefficient (Wildman–Crippen LogP) is 3.34. The zero-order chi connectivity index (χ0) is 37.2. The molecule has 0 radical (unpaired) electrons. The number of rotatable bonds is 16. The molecule has 3 aliphatic heterocycles. The monoisotopic (exact) mass is 731 g/mol. The summed E-state index contributed by atoms with van der Waals surface area (Å²) in [6.07, 6.45) is 0.596. The Hall–Kier alpha value is -4.75. The van der Waals surface area contributed by atoms with Crippen LogP contribution in [-0.4, -0.2) is 141 Å². The number of likely N-dealkylation sites (tertiary alicyclic amines) is 1. The van der Waals surface area contributed by atoms with Crippen LogP contribution in [0.2, 0.25) is 0 Å². The largest absolute Gasteiger partial charge is 0.465 e. The number of amides is 1. The van der Waals surface area contributed by atoms with Gasteiger partial charge in [0, 0.05) is 55.4 Å². The topological polar surface area (TPSA) is 163 Å². The molecule has 4 heterocycles. The second-order valence-electron chi connectivity index (χ2n) is 13.5. The van der Waals surface area contributed by atoms with Gasteiger partial charge in [-0.15, -0.1) is 0 Å². The van der Waals surface area contributed by atoms with Gasteiger partial charge in [-0.2, -0.15) is 15.2 Å². The van der Waals surface area contributed by atoms with Crippen molar-refractivity contribution in [3.63, 3.8) is 0 Å². The van der Waals surface area contributed by atoms with Crippen molar-refractivity contribution in [2.45, 2.75) is 50.9 Å². The van der Waals surface area contributed by atoms with E-state index in [9.17, 15) is 20.0 Å². The van der Waals surface area contributed by atoms with E-state index in [1.54, 1.807) is 6.92 Å². The predicted molar refractivity (Wildman–Crippen MR) is 196 cm³/mol. The van der Waals surface area contributed by atoms with Gasteiger partial charge in [-0.05, 0) is 38.3 Å². The molecule has 0 bridgehead atoms. The summed E-state index contributed by atoms with van der Waals surface area (Å²) >= 11 is 0. The van der Waals surface area contributed by atoms with E-state index in [1.165, 1.54) is 15.7 Å². The van der Waals surface area contributed by atoms with E-state index in [0.717, 1.165) is 42.3 Å². The van der Waals surface area contributed by atoms with E-state index in [0.29, 0.717) is 65.7 Å². The molecule has 15 heteroatoms. The maximum absolute atomic E-state index is 12.0. The molecule has 0 saturated carbocycles. The van der Waals surface area contributed by atoms with Crippen LogP contribution in [0.25, 0.3) is 10.8 Å². The molecule has 1 N–H and O–H groups in total. The van der Waals surface area contributed by atoms with E-state index >= 15 is 0 Å². The smallest absolute Gasteiger partial charge is 0.407 e. The third-order valence-corrected chi connectivity index (χ3v) is 10.0. The molecule has 3 atom stereocenters. The summed E-state index contributed by atoms with van der Waals surface area (Å²) in [5.74, 6) is 0.367. The Bertz CT molecular complexity index is 1750. The fourth-order valence-corrected chi connectivity index (χ4v) is 7.35. The van der Waals surface area contributed by atoms with Crippen molar-refractivity contribution in [1.29, 1.82) is 5.26 Å². The second kappa shape index (κ2) is 18.3. The highest BCUT2D eigenvalue weighted by atomic mass is 16.6. The summed E-state index contributed by atoms with van der Waals surface area (Å²) in [5, 5.41) is 21.6. The summed E-state index contributed by atoms with van der Waals surface area (Å²) in [4.78, 5) is 41.3. The second-order valence-corrected chi connectivity index (χ2v) is 13.5. The summed E-state index contributed by atoms with van der Waals surface area (Å²) in [5.41, 5.74) is 3.06. The van der Waals surface area contributed by atoms with Crippen molar-refractivity contribution in [2.24, 2.45) is 0 Å². The Morgan fingerprint density at radius 3 is 2.60 bits per heavy atom. The van der Waals surface area contributed by atoms with Gasteiger partial charge in [0.2, 0.25) is 0 Å². The van der Waals surface area contributed by atoms with Crippen LogP contribution < -0.4 is 14.5 Å². The molecule has 2 saturated heterocycles. The van der Waals surface area contributed by atoms with E-state index < -0.39 is 12.1 Å². The first-order valence-electron chi connectivity index (χ1n) is 18.3. The number of hydrogen-bond donors (Lipinski definition) is 1. The normalized spacial score (nSPS) is 20.3. The van der Waals surface area contributed by atoms with Gasteiger partial charge in [0.1, 0.15) is 19.0 Å². The van der Waals surface area contributed by atoms with Gasteiger partial charge < -0.3 is 43.5 Å². The average molecular weight is 732 g/mol. The molecule has 0 spiro atoms. The summed E-state index contributed by atoms with van der Waals surface area (Å²) < 4.78 is 28.1. The zero-order valence-electron chi connectivity index (χ0n) is 30.5. The number of anilines is 2. The maximum Gasteiger partial charge on any atom is 0.407 e. The fraction of sp³-hybridized carbons (Fsp3) is 0.553. The van der Waals surface area contributed by atoms with Crippen molar-refractivity contribution >= 4 is 34.3 Å². The minimum atomic E-state index is -1.02. The minimum absolute atomic E-state index is 0.0223. The van der Waals surface area contributed by atoms with Crippen LogP contribution in [-0.2, 0) is 36.7 Å². The average Bonchev–Trinajstić information content (AvgIpc) is 3.52. The van der Waals surface area contributed by atoms with Crippen molar-refractivity contribution in [3.8, 4) is 12.1 Å². The number of hydrogen-bond acceptors (Lipinski definition) is 13. The van der Waals surface area contributed by atoms with Gasteiger partial charge in [-0.1, -0.05) is 36.4 Å². The number of esters is 1. The first-order valence-corrected chi connectivity index (χ1v) is 18.3. The number of nitrogens with zero attached hydrogens (tertiary/aromatic N) is 7. The Balaban J connectivity index is 1.10. The van der Waals surface area contributed by atoms with Gasteiger partial charge in [-0.3, -0.25) is 4.90 Å². The Kier molecular flexibility index (Phi) is 13.1. The third kappa shape index (κ3) is 9.63. The Morgan fingerprint density at radius 2 is 1.77 bits per heavy atom. The van der Waals surface area contributed by atoms with Crippen LogP contribution in [0.15, 0.2) is 42.5 Å². The Morgan fingerprint density at radius 1 is 0.962 bits per heavy atom. The van der Waals surface area contributed by atoms with E-state index in [1.807, 2.05) is 13.1 Å². The number of nitriles is 1. The van der Waals surface area contributed by atoms with Crippen LogP contribution in [0.4, 0.5) is 16.3 Å². The van der Waals surface area contributed by atoms with Crippen LogP contribution >= 0.6 is 0 Å². The molecule has 2 aromatic carbocycles. The molecule has 1 amide bonds. The molecule has 284 valence electrons. The molecule has 6 rings (SSSR count). The molecule has 15 nitrogen and oxygen atoms in total. The summed E-state index contributed by atoms with van der Waals surface area (Å²) in [6, 6.07) is 16.8. The van der Waals surface area contributed by atoms with E-state index in [4.69, 9.17) is 33.7 Å². The SMILES string of the molecule is CCOC(=O)COCCOCCO[C@@H]1C[C@@H](COc2nc3c(c(N4CCN(C(=O)O)[C@@H](CC#N)C4)n2)CCN(c2cccc4ccccc24)C3)N(C)C1. The van der Waals surface area contributed by atoms with E-state index in [-0.39, 0.29) is 43.7 Å². The van der Waals surface area contributed by atoms with Crippen molar-refractivity contribution in [2.75, 3.05) is 95.8 Å². The van der Waals surface area contributed by atoms with Crippen LogP contribution in [0.5, 0.6) is 6.01 Å². The number of carbonyl (C=O) groups is 2. The molecule has 0 aliphatic carbocycles. The number of carbonyl (C=O) groups excluding carboxylic acids is 1. The highest BCUT2D eigenvalue weighted by Gasteiger charge is 2.35. The molecule has 1 aromatic heterocycles. The van der Waals surface area contributed by atoms with E-state index in [2.05, 4.69) is 57.2 Å². The number of likely N-dealkylation sites (N-methyl/N-ethyl adjacent to an activating group) is 1. The lowest BCUT2D eigenvalue weighted by molar-refractivity contribution is -0.149. The number of carboxylic acid groups (broad SMARTS) is 1. The first kappa shape index (κ1) is 38.0. The summed E-state index contributed by atoms with van der Waals surface area (Å²) in [7, 11) is 2.05. The highest BCUT2D eigenvalue weighted by molar-refractivity contribution is 5.94. The highest BCUT2D eigenvalue weighted by Crippen LogP contribution is 2.35. The van der Waals surface area contributed by atoms with Crippen LogP contribution in [0.1, 0.15) is 31.0 Å². The fourth-order valence-electron chi connectivity index (χ4n) is 7.35. The van der Waals surface area contributed by atoms with Gasteiger partial charge >= 0.3 is 18.1 Å². The standard InChI is InChI=1S/C38H49N7O8/c1-3-51-35(46)26-50-18-17-49-19-20-52-30-21-29(42(2)23-30)25-53-37-40-33-24-43(34-10-6-8-27-7-4-5-9-31(27)34)14-12-32(33)36(41-37)44-15-16-45(38(47)48)28(22-44)11-13-39/h4-10,28-30H,3,11-12,14-26H2,1-2H3,(H,47,48)/t28-,29-,30+/m0/s1. The molecule has 3 aliphatic rings. The molecule has 3 aromatic rings. The lowest BCUT2D eigenvalue weighted by Gasteiger charge is -2.41. The summed E-state index contributed by atoms with van der Waals surface area (Å²) in [6.45, 7) is 7.10. The number of aromatic nitrogens is 2. The van der Waals surface area contributed by atoms with Gasteiger partial charge in [0.15, 0.2) is 0 Å². The molecule has 2 fully saturated rings. The lowest BCUT2D eigenvalue weighted by atomic mass is 10.0. The molecule has 53 heavy (non-hydrogen) atoms. The van der Waals surface area contributed by atoms with Gasteiger partial charge in [-0.25, -0.2) is 9.59 Å². The van der Waals surface area contributed by atoms with Crippen molar-refractivity contribution in [3.05, 3.63) is 53.7 Å². The van der Waals surface area contributed by atoms with Crippen molar-refractivity contribution in [1.82, 2.24) is 19.8 Å². The van der Waals surface area contributed by atoms with Crippen LogP contribution in [0.3, 0.4) is 0 Å². The zero-order valence-corrected chi connectivity index (χ0v) is 30.5. The number of fused-ring (bicyclic) bond motifs is 2. The quantitative estimate of drug-likeness (QED) is 0.169. The van der Waals surface area contributed by atoms with Gasteiger partial charge in [0.05, 0.1) is 69.9 Å². The molecule has 0 unspecified atom stereocenters. The van der Waals surface area contributed by atoms with Gasteiger partial charge in [0.25, 0.3) is 0 Å². The lowest BCUT2D eigenvalue weighted by Crippen LogP contribution is -2.55. The molecular formula is C38H49N7O8. The number of piperazine rings is 1. The maximum atomic E-state index is 12.0. The third-order valence-electron chi connectivity index (χ3n) is 10.0. The number of ether oxygens (including phenoxy) is 5. The Labute approximate surface area is 309 Å².